The van der Waals surface area contributed by atoms with Gasteiger partial charge in [-0.25, -0.2) is 0 Å². The standard InChI is InChI=1S/C9H16O2.C9H4.O2.6H2/c1-2-3-4-5-8-6-7-9(10)11-8;1-3-5-7-9-8-6-4-2;1-2;;;;;;/h8H,2-7H2,1H3;1H,2H3;;6*1H. The number of terminal acetylenes is 1. The summed E-state index contributed by atoms with van der Waals surface area (Å²) in [5, 5.41) is 0. The van der Waals surface area contributed by atoms with Crippen molar-refractivity contribution in [3.63, 3.8) is 0 Å². The zero-order chi connectivity index (χ0) is 17.1. The molecule has 1 unspecified atom stereocenters. The first-order valence-corrected chi connectivity index (χ1v) is 6.98. The first-order valence-electron chi connectivity index (χ1n) is 6.98. The molecule has 22 heavy (non-hydrogen) atoms. The van der Waals surface area contributed by atoms with Crippen molar-refractivity contribution in [2.24, 2.45) is 0 Å². The van der Waals surface area contributed by atoms with Gasteiger partial charge in [0, 0.05) is 24.9 Å². The second-order valence-electron chi connectivity index (χ2n) is 4.17. The number of carbonyl (C=O) groups is 1. The van der Waals surface area contributed by atoms with Crippen molar-refractivity contribution in [1.29, 1.82) is 0 Å². The Hall–Kier alpha value is -2.69. The fourth-order valence-electron chi connectivity index (χ4n) is 1.60. The molecule has 1 atom stereocenters. The van der Waals surface area contributed by atoms with E-state index in [4.69, 9.17) is 21.1 Å². The molecule has 4 heteroatoms. The summed E-state index contributed by atoms with van der Waals surface area (Å²) in [6, 6.07) is 0. The summed E-state index contributed by atoms with van der Waals surface area (Å²) in [7, 11) is 0. The Kier molecular flexibility index (Phi) is 18.0. The van der Waals surface area contributed by atoms with E-state index in [0.717, 1.165) is 12.8 Å². The fraction of sp³-hybridized carbons (Fsp3) is 0.500. The van der Waals surface area contributed by atoms with Crippen LogP contribution >= 0.6 is 0 Å². The number of ether oxygens (including phenoxy) is 1. The maximum atomic E-state index is 10.7. The summed E-state index contributed by atoms with van der Waals surface area (Å²) in [6.45, 7) is 3.89. The molecule has 0 N–H and O–H groups in total. The van der Waals surface area contributed by atoms with Gasteiger partial charge in [-0.3, -0.25) is 4.79 Å². The average Bonchev–Trinajstić information content (AvgIpc) is 2.96. The molecule has 128 valence electrons. The van der Waals surface area contributed by atoms with Crippen LogP contribution in [0.5, 0.6) is 0 Å². The first-order chi connectivity index (χ1) is 10.7. The molecule has 0 aromatic rings. The van der Waals surface area contributed by atoms with Gasteiger partial charge in [0.1, 0.15) is 6.10 Å². The summed E-state index contributed by atoms with van der Waals surface area (Å²) in [5.74, 6) is 17.0. The van der Waals surface area contributed by atoms with E-state index in [-0.39, 0.29) is 20.6 Å². The zero-order valence-electron chi connectivity index (χ0n) is 13.0. The summed E-state index contributed by atoms with van der Waals surface area (Å²) < 4.78 is 5.07. The van der Waals surface area contributed by atoms with Crippen LogP contribution in [0.3, 0.4) is 0 Å². The lowest BCUT2D eigenvalue weighted by Gasteiger charge is -2.06. The van der Waals surface area contributed by atoms with Gasteiger partial charge in [0.15, 0.2) is 0 Å². The van der Waals surface area contributed by atoms with E-state index in [9.17, 15) is 4.79 Å². The largest absolute Gasteiger partial charge is 0.462 e. The Morgan fingerprint density at radius 2 is 1.82 bits per heavy atom. The summed E-state index contributed by atoms with van der Waals surface area (Å²) in [6.07, 6.45) is 11.4. The smallest absolute Gasteiger partial charge is 0.306 e. The predicted octanol–water partition coefficient (Wildman–Crippen LogP) is 4.47. The van der Waals surface area contributed by atoms with Gasteiger partial charge in [-0.1, -0.05) is 25.7 Å². The first kappa shape index (κ1) is 21.6. The van der Waals surface area contributed by atoms with Crippen molar-refractivity contribution in [2.75, 3.05) is 0 Å². The normalized spacial score (nSPS) is 13.5. The molecule has 0 amide bonds. The molecule has 1 aliphatic rings. The van der Waals surface area contributed by atoms with Gasteiger partial charge in [0.25, 0.3) is 0 Å². The molecule has 0 radical (unpaired) electrons. The lowest BCUT2D eigenvalue weighted by Crippen LogP contribution is -2.05. The Bertz CT molecular complexity index is 544. The highest BCUT2D eigenvalue weighted by atomic mass is 16.7. The van der Waals surface area contributed by atoms with E-state index < -0.39 is 0 Å². The van der Waals surface area contributed by atoms with Crippen LogP contribution in [-0.2, 0) is 9.53 Å². The van der Waals surface area contributed by atoms with Gasteiger partial charge in [0.05, 0.1) is 0 Å². The maximum absolute atomic E-state index is 10.7. The van der Waals surface area contributed by atoms with Crippen LogP contribution in [-0.4, -0.2) is 12.1 Å². The van der Waals surface area contributed by atoms with Crippen LogP contribution in [0.4, 0.5) is 0 Å². The maximum Gasteiger partial charge on any atom is 0.306 e. The van der Waals surface area contributed by atoms with E-state index in [1.807, 2.05) is 0 Å². The summed E-state index contributed by atoms with van der Waals surface area (Å²) in [4.78, 5) is 24.7. The van der Waals surface area contributed by atoms with Crippen molar-refractivity contribution in [3.8, 4) is 47.9 Å². The van der Waals surface area contributed by atoms with Crippen LogP contribution in [0.15, 0.2) is 0 Å². The minimum absolute atomic E-state index is 0. The van der Waals surface area contributed by atoms with Crippen LogP contribution in [0.1, 0.15) is 60.9 Å². The molecule has 0 aromatic carbocycles. The summed E-state index contributed by atoms with van der Waals surface area (Å²) in [5.41, 5.74) is 0. The number of unbranched alkanes of at least 4 members (excludes halogenated alkanes) is 2. The highest BCUT2D eigenvalue weighted by Crippen LogP contribution is 2.19. The van der Waals surface area contributed by atoms with Gasteiger partial charge < -0.3 is 4.74 Å². The van der Waals surface area contributed by atoms with Crippen LogP contribution in [0, 0.1) is 57.8 Å². The fourth-order valence-corrected chi connectivity index (χ4v) is 1.60. The molecule has 1 rings (SSSR count). The zero-order valence-corrected chi connectivity index (χ0v) is 13.0. The molecule has 4 nitrogen and oxygen atoms in total. The van der Waals surface area contributed by atoms with Crippen molar-refractivity contribution in [3.05, 3.63) is 9.93 Å². The number of rotatable bonds is 4. The summed E-state index contributed by atoms with van der Waals surface area (Å²) >= 11 is 0. The third-order valence-corrected chi connectivity index (χ3v) is 2.55. The Morgan fingerprint density at radius 1 is 1.18 bits per heavy atom. The number of hydrogen-bond donors (Lipinski definition) is 0. The third kappa shape index (κ3) is 15.4. The molecule has 0 aliphatic carbocycles. The van der Waals surface area contributed by atoms with E-state index in [1.165, 1.54) is 19.3 Å². The highest BCUT2D eigenvalue weighted by molar-refractivity contribution is 5.71. The molecule has 1 aliphatic heterocycles. The quantitative estimate of drug-likeness (QED) is 0.436. The van der Waals surface area contributed by atoms with Gasteiger partial charge in [0.2, 0.25) is 0 Å². The Balaban J connectivity index is -0.0000000369. The van der Waals surface area contributed by atoms with Gasteiger partial charge in [-0.2, -0.15) is 0 Å². The second kappa shape index (κ2) is 18.3. The van der Waals surface area contributed by atoms with E-state index >= 15 is 0 Å². The predicted molar refractivity (Wildman–Crippen MR) is 101 cm³/mol. The molecular formula is C18H32O4. The van der Waals surface area contributed by atoms with Crippen LogP contribution < -0.4 is 0 Å². The molecule has 0 bridgehead atoms. The second-order valence-corrected chi connectivity index (χ2v) is 4.17. The lowest BCUT2D eigenvalue weighted by atomic mass is 10.1. The van der Waals surface area contributed by atoms with E-state index in [0.29, 0.717) is 6.42 Å². The number of hydrogen-bond acceptors (Lipinski definition) is 4. The average molecular weight is 312 g/mol. The number of carbonyl (C=O) groups excluding carboxylic acids is 1. The van der Waals surface area contributed by atoms with Crippen LogP contribution in [0.2, 0.25) is 0 Å². The Morgan fingerprint density at radius 3 is 2.32 bits per heavy atom. The molecular weight excluding hydrogens is 280 g/mol. The molecule has 0 saturated carbocycles. The van der Waals surface area contributed by atoms with E-state index in [2.05, 4.69) is 48.4 Å². The van der Waals surface area contributed by atoms with Gasteiger partial charge in [-0.15, -0.1) is 6.42 Å². The molecule has 1 saturated heterocycles. The topological polar surface area (TPSA) is 60.4 Å². The van der Waals surface area contributed by atoms with Crippen LogP contribution in [0.25, 0.3) is 0 Å². The minimum Gasteiger partial charge on any atom is -0.462 e. The molecule has 0 spiro atoms. The van der Waals surface area contributed by atoms with Crippen molar-refractivity contribution >= 4 is 5.97 Å². The van der Waals surface area contributed by atoms with E-state index in [1.54, 1.807) is 6.92 Å². The SMILES string of the molecule is C#CC#CC#CC#CC.CCCCCC1CCC(=O)O1.O=O.[HH].[HH].[HH].[HH].[HH].[HH]. The molecule has 1 fully saturated rings. The monoisotopic (exact) mass is 312 g/mol. The van der Waals surface area contributed by atoms with Crippen molar-refractivity contribution in [2.45, 2.75) is 58.5 Å². The van der Waals surface area contributed by atoms with Crippen molar-refractivity contribution < 1.29 is 18.1 Å². The van der Waals surface area contributed by atoms with Crippen molar-refractivity contribution in [1.82, 2.24) is 0 Å². The molecule has 0 aromatic heterocycles. The third-order valence-electron chi connectivity index (χ3n) is 2.55. The Labute approximate surface area is 141 Å². The van der Waals surface area contributed by atoms with Gasteiger partial charge >= 0.3 is 5.97 Å². The molecule has 1 heterocycles. The number of cyclic esters (lactones) is 1. The number of esters is 1. The minimum atomic E-state index is -0.00787. The van der Waals surface area contributed by atoms with Gasteiger partial charge in [-0.05, 0) is 61.7 Å². The lowest BCUT2D eigenvalue weighted by molar-refractivity contribution is -0.141. The highest BCUT2D eigenvalue weighted by Gasteiger charge is 2.21.